The molecule has 0 fully saturated rings. The van der Waals surface area contributed by atoms with Gasteiger partial charge < -0.3 is 15.2 Å². The average molecular weight is 589 g/mol. The second kappa shape index (κ2) is 13.0. The number of alkyl halides is 6. The Balaban J connectivity index is 1.79. The summed E-state index contributed by atoms with van der Waals surface area (Å²) in [5.74, 6) is -5.24. The van der Waals surface area contributed by atoms with Crippen molar-refractivity contribution in [3.63, 3.8) is 0 Å². The summed E-state index contributed by atoms with van der Waals surface area (Å²) in [5, 5.41) is 11.1. The van der Waals surface area contributed by atoms with Gasteiger partial charge in [-0.2, -0.15) is 26.3 Å². The van der Waals surface area contributed by atoms with E-state index in [0.29, 0.717) is 11.6 Å². The zero-order valence-corrected chi connectivity index (χ0v) is 21.1. The fourth-order valence-corrected chi connectivity index (χ4v) is 3.88. The van der Waals surface area contributed by atoms with Gasteiger partial charge in [-0.15, -0.1) is 0 Å². The van der Waals surface area contributed by atoms with E-state index in [0.717, 1.165) is 6.07 Å². The Morgan fingerprint density at radius 1 is 0.854 bits per heavy atom. The van der Waals surface area contributed by atoms with Gasteiger partial charge in [0, 0.05) is 24.1 Å². The molecule has 13 heteroatoms. The molecule has 0 heterocycles. The van der Waals surface area contributed by atoms with Gasteiger partial charge in [0.15, 0.2) is 11.6 Å². The molecule has 1 unspecified atom stereocenters. The first-order valence-corrected chi connectivity index (χ1v) is 12.1. The second-order valence-electron chi connectivity index (χ2n) is 8.95. The number of halogens is 8. The summed E-state index contributed by atoms with van der Waals surface area (Å²) >= 11 is 0. The largest absolute Gasteiger partial charge is 0.486 e. The zero-order valence-electron chi connectivity index (χ0n) is 21.1. The molecule has 0 aromatic heterocycles. The number of amides is 1. The molecule has 0 aliphatic heterocycles. The molecule has 5 nitrogen and oxygen atoms in total. The Morgan fingerprint density at radius 2 is 1.49 bits per heavy atom. The number of benzene rings is 3. The Morgan fingerprint density at radius 3 is 2.05 bits per heavy atom. The summed E-state index contributed by atoms with van der Waals surface area (Å²) < 4.78 is 111. The highest BCUT2D eigenvalue weighted by molar-refractivity contribution is 5.94. The number of ether oxygens (including phenoxy) is 1. The number of hydrogen-bond donors (Lipinski definition) is 2. The van der Waals surface area contributed by atoms with Gasteiger partial charge >= 0.3 is 18.3 Å². The molecule has 3 rings (SSSR count). The third-order valence-corrected chi connectivity index (χ3v) is 5.93. The molecule has 0 spiro atoms. The molecule has 0 saturated carbocycles. The van der Waals surface area contributed by atoms with Crippen molar-refractivity contribution in [1.29, 1.82) is 0 Å². The van der Waals surface area contributed by atoms with Gasteiger partial charge in [-0.05, 0) is 54.3 Å². The Hall–Kier alpha value is -4.16. The smallest absolute Gasteiger partial charge is 0.419 e. The molecule has 1 atom stereocenters. The van der Waals surface area contributed by atoms with Gasteiger partial charge in [-0.3, -0.25) is 9.59 Å². The maximum atomic E-state index is 14.4. The fourth-order valence-electron chi connectivity index (χ4n) is 3.88. The van der Waals surface area contributed by atoms with Crippen molar-refractivity contribution in [3.8, 4) is 16.9 Å². The molecule has 0 radical (unpaired) electrons. The molecule has 1 amide bonds. The van der Waals surface area contributed by atoms with E-state index in [1.165, 1.54) is 48.5 Å². The molecule has 0 aliphatic rings. The average Bonchev–Trinajstić information content (AvgIpc) is 2.88. The number of carbonyl (C=O) groups excluding carboxylic acids is 1. The van der Waals surface area contributed by atoms with Crippen LogP contribution in [-0.2, 0) is 11.0 Å². The highest BCUT2D eigenvalue weighted by Gasteiger charge is 2.36. The Kier molecular flexibility index (Phi) is 9.95. The number of carbonyl (C=O) groups is 2. The molecule has 0 aliphatic carbocycles. The summed E-state index contributed by atoms with van der Waals surface area (Å²) in [7, 11) is 0. The first-order chi connectivity index (χ1) is 19.2. The lowest BCUT2D eigenvalue weighted by molar-refractivity contribution is -0.140. The van der Waals surface area contributed by atoms with Crippen molar-refractivity contribution in [3.05, 3.63) is 89.0 Å². The number of hydrogen-bond acceptors (Lipinski definition) is 3. The maximum absolute atomic E-state index is 14.4. The Bertz CT molecular complexity index is 1350. The SMILES string of the molecule is O=C(O)CCNC(=O)c1ccc(C(CCCC(F)(F)F)Oc2ccc(-c3ccc(C(F)(F)F)c(F)c3F)cc2)cc1. The molecule has 41 heavy (non-hydrogen) atoms. The van der Waals surface area contributed by atoms with Gasteiger partial charge in [-0.25, -0.2) is 8.78 Å². The van der Waals surface area contributed by atoms with Crippen LogP contribution in [0, 0.1) is 11.6 Å². The van der Waals surface area contributed by atoms with Crippen molar-refractivity contribution < 1.29 is 54.6 Å². The molecule has 0 saturated heterocycles. The standard InChI is InChI=1S/C28H23F8NO4/c29-24-20(11-12-21(25(24)30)28(34,35)36)16-7-9-19(10-8-16)41-22(2-1-14-27(31,32)33)17-3-5-18(6-4-17)26(40)37-15-13-23(38)39/h3-12,22H,1-2,13-15H2,(H,37,40)(H,38,39). The van der Waals surface area contributed by atoms with Crippen LogP contribution in [0.15, 0.2) is 60.7 Å². The molecule has 0 bridgehead atoms. The van der Waals surface area contributed by atoms with Crippen LogP contribution in [0.2, 0.25) is 0 Å². The van der Waals surface area contributed by atoms with E-state index in [2.05, 4.69) is 5.32 Å². The first-order valence-electron chi connectivity index (χ1n) is 12.1. The van der Waals surface area contributed by atoms with E-state index in [1.54, 1.807) is 0 Å². The highest BCUT2D eigenvalue weighted by Crippen LogP contribution is 2.36. The summed E-state index contributed by atoms with van der Waals surface area (Å²) in [6, 6.07) is 12.1. The summed E-state index contributed by atoms with van der Waals surface area (Å²) in [6.07, 6.45) is -12.1. The minimum atomic E-state index is -5.08. The van der Waals surface area contributed by atoms with E-state index < -0.39 is 59.5 Å². The van der Waals surface area contributed by atoms with Crippen molar-refractivity contribution in [2.45, 2.75) is 44.1 Å². The van der Waals surface area contributed by atoms with Crippen LogP contribution in [0.5, 0.6) is 5.75 Å². The lowest BCUT2D eigenvalue weighted by Crippen LogP contribution is -2.26. The Labute approximate surface area is 228 Å². The molecular weight excluding hydrogens is 566 g/mol. The number of carboxylic acids is 1. The van der Waals surface area contributed by atoms with Crippen LogP contribution >= 0.6 is 0 Å². The number of rotatable bonds is 11. The van der Waals surface area contributed by atoms with E-state index in [-0.39, 0.29) is 42.7 Å². The molecule has 2 N–H and O–H groups in total. The number of aliphatic carboxylic acids is 1. The van der Waals surface area contributed by atoms with Crippen LogP contribution in [0.4, 0.5) is 35.1 Å². The normalized spacial score (nSPS) is 12.6. The van der Waals surface area contributed by atoms with Gasteiger partial charge in [-0.1, -0.05) is 30.3 Å². The number of carboxylic acid groups (broad SMARTS) is 1. The second-order valence-corrected chi connectivity index (χ2v) is 8.95. The fraction of sp³-hybridized carbons (Fsp3) is 0.286. The third-order valence-electron chi connectivity index (χ3n) is 5.93. The van der Waals surface area contributed by atoms with Crippen molar-refractivity contribution >= 4 is 11.9 Å². The highest BCUT2D eigenvalue weighted by atomic mass is 19.4. The van der Waals surface area contributed by atoms with E-state index in [4.69, 9.17) is 9.84 Å². The van der Waals surface area contributed by atoms with Crippen molar-refractivity contribution in [2.24, 2.45) is 0 Å². The lowest BCUT2D eigenvalue weighted by atomic mass is 10.0. The molecule has 3 aromatic rings. The van der Waals surface area contributed by atoms with Crippen LogP contribution in [0.3, 0.4) is 0 Å². The minimum Gasteiger partial charge on any atom is -0.486 e. The lowest BCUT2D eigenvalue weighted by Gasteiger charge is -2.21. The molecular formula is C28H23F8NO4. The van der Waals surface area contributed by atoms with Gasteiger partial charge in [0.05, 0.1) is 12.0 Å². The number of nitrogens with one attached hydrogen (secondary N) is 1. The van der Waals surface area contributed by atoms with Gasteiger partial charge in [0.1, 0.15) is 11.9 Å². The van der Waals surface area contributed by atoms with Crippen molar-refractivity contribution in [2.75, 3.05) is 6.54 Å². The van der Waals surface area contributed by atoms with Crippen molar-refractivity contribution in [1.82, 2.24) is 5.32 Å². The molecule has 3 aromatic carbocycles. The first kappa shape index (κ1) is 31.4. The summed E-state index contributed by atoms with van der Waals surface area (Å²) in [5.41, 5.74) is -1.53. The molecule has 220 valence electrons. The van der Waals surface area contributed by atoms with E-state index in [9.17, 15) is 44.7 Å². The van der Waals surface area contributed by atoms with Crippen LogP contribution in [0.25, 0.3) is 11.1 Å². The summed E-state index contributed by atoms with van der Waals surface area (Å²) in [6.45, 7) is -0.0991. The van der Waals surface area contributed by atoms with Gasteiger partial charge in [0.25, 0.3) is 5.91 Å². The predicted molar refractivity (Wildman–Crippen MR) is 131 cm³/mol. The van der Waals surface area contributed by atoms with Crippen LogP contribution in [-0.4, -0.2) is 29.7 Å². The zero-order chi connectivity index (χ0) is 30.4. The summed E-state index contributed by atoms with van der Waals surface area (Å²) in [4.78, 5) is 22.8. The van der Waals surface area contributed by atoms with E-state index in [1.807, 2.05) is 0 Å². The quantitative estimate of drug-likeness (QED) is 0.225. The minimum absolute atomic E-state index is 0.0364. The van der Waals surface area contributed by atoms with E-state index >= 15 is 0 Å². The monoisotopic (exact) mass is 589 g/mol. The predicted octanol–water partition coefficient (Wildman–Crippen LogP) is 7.71. The maximum Gasteiger partial charge on any atom is 0.419 e. The van der Waals surface area contributed by atoms with Crippen LogP contribution < -0.4 is 10.1 Å². The van der Waals surface area contributed by atoms with Crippen LogP contribution in [0.1, 0.15) is 53.3 Å². The topological polar surface area (TPSA) is 75.6 Å². The van der Waals surface area contributed by atoms with Gasteiger partial charge in [0.2, 0.25) is 0 Å². The third kappa shape index (κ3) is 8.92.